The van der Waals surface area contributed by atoms with Crippen LogP contribution in [0.5, 0.6) is 5.75 Å². The number of hydrogen-bond acceptors (Lipinski definition) is 11. The van der Waals surface area contributed by atoms with Crippen LogP contribution in [-0.2, 0) is 49.4 Å². The molecule has 3 aliphatic rings. The molecule has 3 fully saturated rings. The zero-order valence-corrected chi connectivity index (χ0v) is 31.3. The van der Waals surface area contributed by atoms with Crippen molar-refractivity contribution < 1.29 is 56.9 Å². The van der Waals surface area contributed by atoms with Crippen LogP contribution in [0.4, 0.5) is 8.78 Å². The summed E-state index contributed by atoms with van der Waals surface area (Å²) in [4.78, 5) is 78.7. The number of rotatable bonds is 17. The lowest BCUT2D eigenvalue weighted by molar-refractivity contribution is -0.158. The van der Waals surface area contributed by atoms with Gasteiger partial charge in [-0.3, -0.25) is 24.0 Å². The molecule has 1 unspecified atom stereocenters. The Morgan fingerprint density at radius 2 is 1.78 bits per heavy atom. The number of phenolic OH excluding ortho intramolecular Hbond substituents is 1. The number of aromatic hydroxyl groups is 1. The van der Waals surface area contributed by atoms with Crippen LogP contribution in [0.1, 0.15) is 58.4 Å². The highest BCUT2D eigenvalue weighted by atomic mass is 19.3. The van der Waals surface area contributed by atoms with Gasteiger partial charge < -0.3 is 45.1 Å². The predicted molar refractivity (Wildman–Crippen MR) is 189 cm³/mol. The van der Waals surface area contributed by atoms with E-state index in [2.05, 4.69) is 16.0 Å². The highest BCUT2D eigenvalue weighted by Crippen LogP contribution is 2.33. The van der Waals surface area contributed by atoms with Crippen molar-refractivity contribution in [1.29, 1.82) is 5.26 Å². The molecule has 0 aliphatic carbocycles. The fourth-order valence-electron chi connectivity index (χ4n) is 6.56. The summed E-state index contributed by atoms with van der Waals surface area (Å²) in [6.07, 6.45) is -0.425. The molecule has 0 spiro atoms. The fraction of sp³-hybridized carbons (Fsp3) is 0.649. The van der Waals surface area contributed by atoms with Crippen molar-refractivity contribution in [1.82, 2.24) is 25.8 Å². The van der Waals surface area contributed by atoms with E-state index in [1.54, 1.807) is 39.0 Å². The van der Waals surface area contributed by atoms with Crippen LogP contribution < -0.4 is 16.0 Å². The highest BCUT2D eigenvalue weighted by molar-refractivity contribution is 5.95. The number of hydrogen-bond donors (Lipinski definition) is 4. The molecular weight excluding hydrogens is 726 g/mol. The maximum atomic E-state index is 13.8. The van der Waals surface area contributed by atoms with Gasteiger partial charge in [0.05, 0.1) is 45.0 Å². The van der Waals surface area contributed by atoms with Crippen molar-refractivity contribution >= 4 is 35.5 Å². The zero-order chi connectivity index (χ0) is 40.3. The number of benzene rings is 1. The molecule has 0 aromatic heterocycles. The van der Waals surface area contributed by atoms with Crippen LogP contribution in [0.25, 0.3) is 0 Å². The summed E-state index contributed by atoms with van der Waals surface area (Å²) in [5, 5.41) is 26.7. The molecule has 5 amide bonds. The van der Waals surface area contributed by atoms with E-state index in [1.807, 2.05) is 0 Å². The molecule has 302 valence electrons. The molecular formula is C37H50F2N6O10. The molecule has 5 atom stereocenters. The lowest BCUT2D eigenvalue weighted by Crippen LogP contribution is -2.46. The largest absolute Gasteiger partial charge is 0.508 e. The van der Waals surface area contributed by atoms with Gasteiger partial charge in [0.25, 0.3) is 5.92 Å². The van der Waals surface area contributed by atoms with Gasteiger partial charge in [0.2, 0.25) is 29.5 Å². The number of phenols is 1. The molecule has 18 heteroatoms. The van der Waals surface area contributed by atoms with Crippen molar-refractivity contribution in [2.24, 2.45) is 11.8 Å². The third-order valence-corrected chi connectivity index (χ3v) is 9.33. The minimum atomic E-state index is -3.19. The quantitative estimate of drug-likeness (QED) is 0.128. The molecule has 16 nitrogen and oxygen atoms in total. The molecule has 4 N–H and O–H groups in total. The molecule has 0 saturated carbocycles. The molecule has 4 rings (SSSR count). The number of halogens is 2. The third kappa shape index (κ3) is 13.1. The van der Waals surface area contributed by atoms with E-state index in [0.29, 0.717) is 13.0 Å². The maximum absolute atomic E-state index is 13.8. The van der Waals surface area contributed by atoms with Gasteiger partial charge in [0, 0.05) is 51.2 Å². The second kappa shape index (κ2) is 19.1. The molecule has 3 saturated heterocycles. The molecule has 55 heavy (non-hydrogen) atoms. The summed E-state index contributed by atoms with van der Waals surface area (Å²) in [5.41, 5.74) is -0.0179. The van der Waals surface area contributed by atoms with E-state index in [-0.39, 0.29) is 82.8 Å². The van der Waals surface area contributed by atoms with Crippen molar-refractivity contribution in [2.75, 3.05) is 52.6 Å². The molecule has 3 heterocycles. The molecule has 0 bridgehead atoms. The van der Waals surface area contributed by atoms with Crippen molar-refractivity contribution in [3.63, 3.8) is 0 Å². The third-order valence-electron chi connectivity index (χ3n) is 9.33. The number of alkyl halides is 2. The van der Waals surface area contributed by atoms with Crippen LogP contribution in [0.15, 0.2) is 24.3 Å². The normalized spacial score (nSPS) is 22.4. The highest BCUT2D eigenvalue weighted by Gasteiger charge is 2.50. The van der Waals surface area contributed by atoms with Crippen LogP contribution in [0.2, 0.25) is 0 Å². The van der Waals surface area contributed by atoms with Crippen molar-refractivity contribution in [3.05, 3.63) is 29.8 Å². The van der Waals surface area contributed by atoms with Crippen LogP contribution in [0, 0.1) is 23.2 Å². The van der Waals surface area contributed by atoms with E-state index >= 15 is 0 Å². The Balaban J connectivity index is 1.06. The minimum absolute atomic E-state index is 0.00784. The van der Waals surface area contributed by atoms with E-state index < -0.39 is 78.1 Å². The summed E-state index contributed by atoms with van der Waals surface area (Å²) < 4.78 is 44.1. The Labute approximate surface area is 318 Å². The minimum Gasteiger partial charge on any atom is -0.508 e. The number of carbonyl (C=O) groups is 6. The summed E-state index contributed by atoms with van der Waals surface area (Å²) in [7, 11) is 0. The second-order valence-electron chi connectivity index (χ2n) is 15.0. The maximum Gasteiger partial charge on any atom is 0.329 e. The van der Waals surface area contributed by atoms with Gasteiger partial charge >= 0.3 is 5.97 Å². The monoisotopic (exact) mass is 776 g/mol. The van der Waals surface area contributed by atoms with Gasteiger partial charge in [0.1, 0.15) is 29.5 Å². The second-order valence-corrected chi connectivity index (χ2v) is 15.0. The number of carbonyl (C=O) groups excluding carboxylic acids is 6. The van der Waals surface area contributed by atoms with Crippen LogP contribution in [-0.4, -0.2) is 133 Å². The smallest absolute Gasteiger partial charge is 0.329 e. The SMILES string of the molecule is CC(C)(C)OC(=O)[C@H](Cc1ccc(O)cc1)NC(=O)CCOCCOCCNC(=O)C1CCN(C(=O)C[C@@H]2C[C@@H](C(=O)N3CC(F)(F)C[C@H]3C#N)NC2=O)C1. The number of esters is 1. The Bertz CT molecular complexity index is 1600. The molecule has 3 aliphatic heterocycles. The topological polar surface area (TPSA) is 217 Å². The summed E-state index contributed by atoms with van der Waals surface area (Å²) in [5.74, 6) is -7.30. The van der Waals surface area contributed by atoms with Gasteiger partial charge in [-0.2, -0.15) is 5.26 Å². The summed E-state index contributed by atoms with van der Waals surface area (Å²) in [6.45, 7) is 5.65. The van der Waals surface area contributed by atoms with E-state index in [1.165, 1.54) is 17.0 Å². The lowest BCUT2D eigenvalue weighted by atomic mass is 9.99. The Hall–Kier alpha value is -4.89. The Morgan fingerprint density at radius 1 is 1.09 bits per heavy atom. The van der Waals surface area contributed by atoms with E-state index in [4.69, 9.17) is 14.2 Å². The Kier molecular flexibility index (Phi) is 14.9. The standard InChI is InChI=1S/C37H50F2N6O10/c1-36(2,3)55-35(52)29(16-23-4-6-27(46)7-5-23)42-30(47)9-12-53-14-15-54-13-10-41-32(49)24-8-11-44(21-24)31(48)18-25-17-28(43-33(25)50)34(51)45-22-37(38,39)19-26(45)20-40/h4-7,24-26,28-29,46H,8-19,21-22H2,1-3H3,(H,41,49)(H,42,47)(H,43,50)/t24?,25-,26-,28-,29-/m0/s1. The van der Waals surface area contributed by atoms with Gasteiger partial charge in [0.15, 0.2) is 0 Å². The van der Waals surface area contributed by atoms with Gasteiger partial charge in [-0.1, -0.05) is 12.1 Å². The molecule has 1 aromatic rings. The van der Waals surface area contributed by atoms with E-state index in [9.17, 15) is 47.9 Å². The number of ether oxygens (including phenoxy) is 3. The van der Waals surface area contributed by atoms with Crippen LogP contribution in [0.3, 0.4) is 0 Å². The molecule has 1 aromatic carbocycles. The fourth-order valence-corrected chi connectivity index (χ4v) is 6.56. The predicted octanol–water partition coefficient (Wildman–Crippen LogP) is 0.804. The van der Waals surface area contributed by atoms with Gasteiger partial charge in [-0.15, -0.1) is 0 Å². The zero-order valence-electron chi connectivity index (χ0n) is 31.3. The first kappa shape index (κ1) is 42.8. The lowest BCUT2D eigenvalue weighted by Gasteiger charge is -2.24. The number of amides is 5. The molecule has 0 radical (unpaired) electrons. The summed E-state index contributed by atoms with van der Waals surface area (Å²) >= 11 is 0. The van der Waals surface area contributed by atoms with Gasteiger partial charge in [-0.25, -0.2) is 13.6 Å². The Morgan fingerprint density at radius 3 is 2.45 bits per heavy atom. The first-order valence-electron chi connectivity index (χ1n) is 18.3. The van der Waals surface area contributed by atoms with Gasteiger partial charge in [-0.05, 0) is 51.3 Å². The number of nitrogens with zero attached hydrogens (tertiary/aromatic N) is 3. The first-order valence-corrected chi connectivity index (χ1v) is 18.3. The van der Waals surface area contributed by atoms with Crippen molar-refractivity contribution in [2.45, 2.75) is 88.9 Å². The van der Waals surface area contributed by atoms with Crippen LogP contribution >= 0.6 is 0 Å². The number of nitriles is 1. The first-order chi connectivity index (χ1) is 25.9. The average molecular weight is 777 g/mol. The summed E-state index contributed by atoms with van der Waals surface area (Å²) in [6, 6.07) is 4.69. The van der Waals surface area contributed by atoms with E-state index in [0.717, 1.165) is 10.5 Å². The van der Waals surface area contributed by atoms with Crippen molar-refractivity contribution in [3.8, 4) is 11.8 Å². The average Bonchev–Trinajstić information content (AvgIpc) is 3.84. The number of nitrogens with one attached hydrogen (secondary N) is 3. The number of likely N-dealkylation sites (tertiary alicyclic amines) is 2.